The number of hydrogen-bond acceptors (Lipinski definition) is 3. The van der Waals surface area contributed by atoms with E-state index in [0.29, 0.717) is 12.0 Å². The van der Waals surface area contributed by atoms with Gasteiger partial charge < -0.3 is 14.4 Å². The van der Waals surface area contributed by atoms with Crippen molar-refractivity contribution in [2.45, 2.75) is 63.6 Å². The van der Waals surface area contributed by atoms with Gasteiger partial charge in [0.25, 0.3) is 0 Å². The molecule has 2 fully saturated rings. The smallest absolute Gasteiger partial charge is 0.170 e. The Balaban J connectivity index is 1.70. The molecule has 0 radical (unpaired) electrons. The van der Waals surface area contributed by atoms with Gasteiger partial charge >= 0.3 is 0 Å². The topological polar surface area (TPSA) is 21.7 Å². The lowest BCUT2D eigenvalue weighted by Crippen LogP contribution is -2.42. The zero-order chi connectivity index (χ0) is 15.2. The second-order valence-electron chi connectivity index (χ2n) is 7.02. The van der Waals surface area contributed by atoms with Crippen molar-refractivity contribution >= 4 is 11.6 Å². The summed E-state index contributed by atoms with van der Waals surface area (Å²) >= 11 is 6.32. The molecular formula is C17H26ClNO2. The molecular weight excluding hydrogens is 286 g/mol. The number of allylic oxidation sites excluding steroid dienone is 2. The van der Waals surface area contributed by atoms with Crippen molar-refractivity contribution in [1.29, 1.82) is 0 Å². The van der Waals surface area contributed by atoms with Gasteiger partial charge in [0.2, 0.25) is 0 Å². The van der Waals surface area contributed by atoms with E-state index < -0.39 is 5.79 Å². The van der Waals surface area contributed by atoms with E-state index in [0.717, 1.165) is 17.9 Å². The van der Waals surface area contributed by atoms with Gasteiger partial charge in [-0.2, -0.15) is 0 Å². The van der Waals surface area contributed by atoms with Gasteiger partial charge in [-0.15, -0.1) is 0 Å². The molecule has 2 aliphatic carbocycles. The fourth-order valence-corrected chi connectivity index (χ4v) is 4.12. The molecule has 21 heavy (non-hydrogen) atoms. The first-order valence-corrected chi connectivity index (χ1v) is 8.34. The molecule has 2 unspecified atom stereocenters. The third-order valence-corrected chi connectivity index (χ3v) is 5.73. The highest BCUT2D eigenvalue weighted by Crippen LogP contribution is 2.46. The van der Waals surface area contributed by atoms with Gasteiger partial charge in [0.15, 0.2) is 5.79 Å². The molecule has 3 aliphatic rings. The molecule has 0 amide bonds. The lowest BCUT2D eigenvalue weighted by atomic mass is 9.81. The molecule has 0 spiro atoms. The molecule has 0 aromatic carbocycles. The average molecular weight is 312 g/mol. The largest absolute Gasteiger partial charge is 0.339 e. The molecule has 1 heterocycles. The van der Waals surface area contributed by atoms with Crippen molar-refractivity contribution in [3.8, 4) is 0 Å². The van der Waals surface area contributed by atoms with E-state index in [-0.39, 0.29) is 12.2 Å². The lowest BCUT2D eigenvalue weighted by Gasteiger charge is -2.39. The molecule has 0 bridgehead atoms. The minimum Gasteiger partial charge on any atom is -0.339 e. The normalized spacial score (nSPS) is 43.5. The Hall–Kier alpha value is -0.350. The van der Waals surface area contributed by atoms with Crippen LogP contribution in [0.3, 0.4) is 0 Å². The Bertz CT molecular complexity index is 437. The molecule has 0 N–H and O–H groups in total. The van der Waals surface area contributed by atoms with Crippen molar-refractivity contribution in [2.24, 2.45) is 5.92 Å². The van der Waals surface area contributed by atoms with E-state index in [1.165, 1.54) is 18.4 Å². The van der Waals surface area contributed by atoms with E-state index in [1.54, 1.807) is 0 Å². The second-order valence-corrected chi connectivity index (χ2v) is 7.46. The molecule has 3 rings (SSSR count). The summed E-state index contributed by atoms with van der Waals surface area (Å²) < 4.78 is 12.6. The van der Waals surface area contributed by atoms with E-state index in [4.69, 9.17) is 21.1 Å². The maximum atomic E-state index is 6.34. The Kier molecular flexibility index (Phi) is 4.21. The van der Waals surface area contributed by atoms with Crippen LogP contribution in [-0.4, -0.2) is 43.0 Å². The van der Waals surface area contributed by atoms with Gasteiger partial charge in [0.1, 0.15) is 12.2 Å². The predicted octanol–water partition coefficient (Wildman–Crippen LogP) is 3.69. The number of hydrogen-bond donors (Lipinski definition) is 0. The minimum atomic E-state index is -0.500. The quantitative estimate of drug-likeness (QED) is 0.776. The summed E-state index contributed by atoms with van der Waals surface area (Å²) in [6.45, 7) is 4.19. The van der Waals surface area contributed by atoms with Crippen LogP contribution in [0.4, 0.5) is 0 Å². The van der Waals surface area contributed by atoms with Crippen LogP contribution < -0.4 is 0 Å². The standard InChI is InChI=1S/C17H26ClNO2/c1-11-5-10-14(18)16-15(11)20-17(2,21-16)12-6-8-13(9-7-12)19(3)4/h5,10,12-13,15-16H,6-9H2,1-4H3/t12-,13-,15?,16?,17-/m1/s1. The molecule has 1 saturated carbocycles. The highest BCUT2D eigenvalue weighted by atomic mass is 35.5. The van der Waals surface area contributed by atoms with Gasteiger partial charge in [-0.3, -0.25) is 0 Å². The Morgan fingerprint density at radius 1 is 1.10 bits per heavy atom. The van der Waals surface area contributed by atoms with Gasteiger partial charge in [-0.25, -0.2) is 0 Å². The summed E-state index contributed by atoms with van der Waals surface area (Å²) in [5.74, 6) is -0.0448. The molecule has 0 aromatic heterocycles. The van der Waals surface area contributed by atoms with Gasteiger partial charge in [0, 0.05) is 12.0 Å². The summed E-state index contributed by atoms with van der Waals surface area (Å²) in [5, 5.41) is 0.760. The molecule has 0 aromatic rings. The Morgan fingerprint density at radius 3 is 2.29 bits per heavy atom. The maximum Gasteiger partial charge on any atom is 0.170 e. The third-order valence-electron chi connectivity index (χ3n) is 5.39. The highest BCUT2D eigenvalue weighted by Gasteiger charge is 2.51. The van der Waals surface area contributed by atoms with E-state index >= 15 is 0 Å². The van der Waals surface area contributed by atoms with Crippen molar-refractivity contribution in [2.75, 3.05) is 14.1 Å². The van der Waals surface area contributed by atoms with Crippen molar-refractivity contribution in [3.05, 3.63) is 22.8 Å². The fraction of sp³-hybridized carbons (Fsp3) is 0.765. The number of rotatable bonds is 2. The first-order valence-electron chi connectivity index (χ1n) is 7.96. The van der Waals surface area contributed by atoms with Crippen LogP contribution in [0.2, 0.25) is 0 Å². The van der Waals surface area contributed by atoms with Crippen LogP contribution in [0.25, 0.3) is 0 Å². The third kappa shape index (κ3) is 2.81. The summed E-state index contributed by atoms with van der Waals surface area (Å²) in [7, 11) is 4.34. The first-order chi connectivity index (χ1) is 9.90. The monoisotopic (exact) mass is 311 g/mol. The summed E-state index contributed by atoms with van der Waals surface area (Å²) in [6, 6.07) is 0.693. The minimum absolute atomic E-state index is 0.0147. The van der Waals surface area contributed by atoms with Crippen molar-refractivity contribution < 1.29 is 9.47 Å². The maximum absolute atomic E-state index is 6.34. The van der Waals surface area contributed by atoms with Gasteiger partial charge in [-0.05, 0) is 65.3 Å². The Morgan fingerprint density at radius 2 is 1.71 bits per heavy atom. The van der Waals surface area contributed by atoms with Crippen molar-refractivity contribution in [1.82, 2.24) is 4.90 Å². The molecule has 118 valence electrons. The van der Waals surface area contributed by atoms with Crippen LogP contribution in [0, 0.1) is 5.92 Å². The van der Waals surface area contributed by atoms with Crippen LogP contribution in [0.5, 0.6) is 0 Å². The zero-order valence-corrected chi connectivity index (χ0v) is 14.2. The first kappa shape index (κ1) is 15.5. The van der Waals surface area contributed by atoms with Crippen LogP contribution in [-0.2, 0) is 9.47 Å². The van der Waals surface area contributed by atoms with Gasteiger partial charge in [-0.1, -0.05) is 17.7 Å². The number of ether oxygens (including phenoxy) is 2. The predicted molar refractivity (Wildman–Crippen MR) is 85.3 cm³/mol. The molecule has 1 aliphatic heterocycles. The summed E-state index contributed by atoms with van der Waals surface area (Å²) in [5.41, 5.74) is 1.20. The van der Waals surface area contributed by atoms with Crippen LogP contribution in [0.15, 0.2) is 22.8 Å². The summed E-state index contributed by atoms with van der Waals surface area (Å²) in [6.07, 6.45) is 8.59. The van der Waals surface area contributed by atoms with E-state index in [9.17, 15) is 0 Å². The lowest BCUT2D eigenvalue weighted by molar-refractivity contribution is -0.201. The van der Waals surface area contributed by atoms with Crippen molar-refractivity contribution in [3.63, 3.8) is 0 Å². The molecule has 4 heteroatoms. The van der Waals surface area contributed by atoms with E-state index in [1.807, 2.05) is 12.2 Å². The zero-order valence-electron chi connectivity index (χ0n) is 13.4. The van der Waals surface area contributed by atoms with Crippen LogP contribution >= 0.6 is 11.6 Å². The van der Waals surface area contributed by atoms with E-state index in [2.05, 4.69) is 32.8 Å². The summed E-state index contributed by atoms with van der Waals surface area (Å²) in [4.78, 5) is 2.33. The SMILES string of the molecule is CC1=CC=C(Cl)C2O[C@](C)([C@H]3CC[C@H](N(C)C)CC3)OC12. The Labute approximate surface area is 132 Å². The average Bonchev–Trinajstić information content (AvgIpc) is 2.84. The fourth-order valence-electron chi connectivity index (χ4n) is 3.90. The van der Waals surface area contributed by atoms with Gasteiger partial charge in [0.05, 0.1) is 5.03 Å². The molecule has 1 saturated heterocycles. The second kappa shape index (κ2) is 5.69. The molecule has 3 nitrogen and oxygen atoms in total. The molecule has 3 atom stereocenters. The highest BCUT2D eigenvalue weighted by molar-refractivity contribution is 6.30. The van der Waals surface area contributed by atoms with Crippen LogP contribution in [0.1, 0.15) is 39.5 Å². The number of nitrogens with zero attached hydrogens (tertiary/aromatic N) is 1. The number of halogens is 1. The number of fused-ring (bicyclic) bond motifs is 1.